The third kappa shape index (κ3) is 4.23. The number of nitrogens with zero attached hydrogens (tertiary/aromatic N) is 3. The fourth-order valence-electron chi connectivity index (χ4n) is 2.31. The molecule has 3 aromatic rings. The minimum Gasteiger partial charge on any atom is -0.337 e. The van der Waals surface area contributed by atoms with E-state index < -0.39 is 0 Å². The maximum absolute atomic E-state index is 12.5. The molecule has 0 aliphatic carbocycles. The van der Waals surface area contributed by atoms with Crippen molar-refractivity contribution in [3.63, 3.8) is 0 Å². The van der Waals surface area contributed by atoms with Gasteiger partial charge >= 0.3 is 0 Å². The first-order chi connectivity index (χ1) is 11.7. The van der Waals surface area contributed by atoms with Crippen LogP contribution in [0.15, 0.2) is 66.1 Å². The van der Waals surface area contributed by atoms with Crippen molar-refractivity contribution >= 4 is 17.7 Å². The van der Waals surface area contributed by atoms with Crippen LogP contribution in [0.25, 0.3) is 0 Å². The fraction of sp³-hybridized carbons (Fsp3) is 0.167. The predicted octanol–water partition coefficient (Wildman–Crippen LogP) is 3.37. The predicted molar refractivity (Wildman–Crippen MR) is 94.6 cm³/mol. The van der Waals surface area contributed by atoms with Crippen molar-refractivity contribution < 1.29 is 4.79 Å². The second-order valence-electron chi connectivity index (χ2n) is 5.42. The SMILES string of the molecule is CN(Cc1ccccc1)C(=O)c1ccc(CSc2ncn[nH]2)cc1. The van der Waals surface area contributed by atoms with E-state index in [1.54, 1.807) is 16.7 Å². The van der Waals surface area contributed by atoms with E-state index in [4.69, 9.17) is 0 Å². The van der Waals surface area contributed by atoms with E-state index in [1.807, 2.05) is 61.6 Å². The zero-order chi connectivity index (χ0) is 16.8. The molecule has 0 aliphatic rings. The summed E-state index contributed by atoms with van der Waals surface area (Å²) >= 11 is 1.58. The molecule has 0 radical (unpaired) electrons. The maximum atomic E-state index is 12.5. The second kappa shape index (κ2) is 7.79. The Morgan fingerprint density at radius 1 is 1.08 bits per heavy atom. The summed E-state index contributed by atoms with van der Waals surface area (Å²) in [5.74, 6) is 0.803. The molecule has 24 heavy (non-hydrogen) atoms. The molecule has 0 saturated heterocycles. The van der Waals surface area contributed by atoms with Crippen LogP contribution in [0.2, 0.25) is 0 Å². The molecule has 0 saturated carbocycles. The summed E-state index contributed by atoms with van der Waals surface area (Å²) < 4.78 is 0. The van der Waals surface area contributed by atoms with Gasteiger partial charge in [0.15, 0.2) is 5.16 Å². The minimum absolute atomic E-state index is 0.0216. The highest BCUT2D eigenvalue weighted by Crippen LogP contribution is 2.19. The number of hydrogen-bond acceptors (Lipinski definition) is 4. The lowest BCUT2D eigenvalue weighted by atomic mass is 10.1. The third-order valence-electron chi connectivity index (χ3n) is 3.58. The molecule has 0 aliphatic heterocycles. The molecular formula is C18H18N4OS. The summed E-state index contributed by atoms with van der Waals surface area (Å²) in [6.07, 6.45) is 1.49. The van der Waals surface area contributed by atoms with E-state index in [0.717, 1.165) is 22.0 Å². The molecular weight excluding hydrogens is 320 g/mol. The highest BCUT2D eigenvalue weighted by atomic mass is 32.2. The number of benzene rings is 2. The molecule has 0 fully saturated rings. The Kier molecular flexibility index (Phi) is 5.28. The van der Waals surface area contributed by atoms with E-state index in [-0.39, 0.29) is 5.91 Å². The monoisotopic (exact) mass is 338 g/mol. The van der Waals surface area contributed by atoms with Gasteiger partial charge in [0.2, 0.25) is 0 Å². The fourth-order valence-corrected chi connectivity index (χ4v) is 3.04. The second-order valence-corrected chi connectivity index (χ2v) is 6.39. The minimum atomic E-state index is 0.0216. The smallest absolute Gasteiger partial charge is 0.253 e. The first-order valence-corrected chi connectivity index (χ1v) is 8.57. The Morgan fingerprint density at radius 2 is 1.83 bits per heavy atom. The van der Waals surface area contributed by atoms with Gasteiger partial charge in [-0.1, -0.05) is 54.2 Å². The molecule has 5 nitrogen and oxygen atoms in total. The van der Waals surface area contributed by atoms with Crippen molar-refractivity contribution in [3.8, 4) is 0 Å². The van der Waals surface area contributed by atoms with Crippen molar-refractivity contribution in [1.82, 2.24) is 20.1 Å². The number of amides is 1. The average Bonchev–Trinajstić information content (AvgIpc) is 3.14. The number of carbonyl (C=O) groups excluding carboxylic acids is 1. The van der Waals surface area contributed by atoms with Crippen LogP contribution in [-0.2, 0) is 12.3 Å². The van der Waals surface area contributed by atoms with Gasteiger partial charge in [0.1, 0.15) is 6.33 Å². The summed E-state index contributed by atoms with van der Waals surface area (Å²) in [7, 11) is 1.82. The van der Waals surface area contributed by atoms with Gasteiger partial charge < -0.3 is 4.90 Å². The molecule has 6 heteroatoms. The van der Waals surface area contributed by atoms with Crippen LogP contribution in [0.5, 0.6) is 0 Å². The van der Waals surface area contributed by atoms with Crippen molar-refractivity contribution in [2.75, 3.05) is 7.05 Å². The zero-order valence-electron chi connectivity index (χ0n) is 13.3. The number of aromatic nitrogens is 3. The van der Waals surface area contributed by atoms with Crippen molar-refractivity contribution in [2.45, 2.75) is 17.5 Å². The van der Waals surface area contributed by atoms with Crippen molar-refractivity contribution in [3.05, 3.63) is 77.6 Å². The molecule has 0 unspecified atom stereocenters. The summed E-state index contributed by atoms with van der Waals surface area (Å²) in [6.45, 7) is 0.600. The Morgan fingerprint density at radius 3 is 2.50 bits per heavy atom. The largest absolute Gasteiger partial charge is 0.337 e. The highest BCUT2D eigenvalue weighted by Gasteiger charge is 2.12. The van der Waals surface area contributed by atoms with Gasteiger partial charge in [-0.2, -0.15) is 5.10 Å². The average molecular weight is 338 g/mol. The first kappa shape index (κ1) is 16.3. The molecule has 0 atom stereocenters. The molecule has 1 amide bonds. The third-order valence-corrected chi connectivity index (χ3v) is 4.53. The lowest BCUT2D eigenvalue weighted by molar-refractivity contribution is 0.0785. The lowest BCUT2D eigenvalue weighted by Gasteiger charge is -2.17. The summed E-state index contributed by atoms with van der Waals surface area (Å²) in [6, 6.07) is 17.7. The van der Waals surface area contributed by atoms with Crippen LogP contribution in [0.3, 0.4) is 0 Å². The van der Waals surface area contributed by atoms with E-state index >= 15 is 0 Å². The van der Waals surface area contributed by atoms with E-state index in [1.165, 1.54) is 6.33 Å². The van der Waals surface area contributed by atoms with Gasteiger partial charge in [0.25, 0.3) is 5.91 Å². The van der Waals surface area contributed by atoms with E-state index in [0.29, 0.717) is 12.1 Å². The number of nitrogens with one attached hydrogen (secondary N) is 1. The van der Waals surface area contributed by atoms with Crippen LogP contribution in [0.1, 0.15) is 21.5 Å². The molecule has 1 aromatic heterocycles. The van der Waals surface area contributed by atoms with E-state index in [9.17, 15) is 4.79 Å². The Bertz CT molecular complexity index is 773. The van der Waals surface area contributed by atoms with Crippen LogP contribution in [0, 0.1) is 0 Å². The molecule has 1 heterocycles. The van der Waals surface area contributed by atoms with Crippen LogP contribution in [-0.4, -0.2) is 33.0 Å². The van der Waals surface area contributed by atoms with Gasteiger partial charge in [-0.25, -0.2) is 4.98 Å². The van der Waals surface area contributed by atoms with Gasteiger partial charge in [-0.3, -0.25) is 9.89 Å². The maximum Gasteiger partial charge on any atom is 0.253 e. The number of aromatic amines is 1. The number of carbonyl (C=O) groups is 1. The highest BCUT2D eigenvalue weighted by molar-refractivity contribution is 7.98. The number of thioether (sulfide) groups is 1. The molecule has 122 valence electrons. The van der Waals surface area contributed by atoms with Crippen molar-refractivity contribution in [1.29, 1.82) is 0 Å². The Balaban J connectivity index is 1.58. The normalized spacial score (nSPS) is 10.5. The Labute approximate surface area is 145 Å². The Hall–Kier alpha value is -2.60. The first-order valence-electron chi connectivity index (χ1n) is 7.59. The molecule has 1 N–H and O–H groups in total. The standard InChI is InChI=1S/C18H18N4OS/c1-22(11-14-5-3-2-4-6-14)17(23)16-9-7-15(8-10-16)12-24-18-19-13-20-21-18/h2-10,13H,11-12H2,1H3,(H,19,20,21). The summed E-state index contributed by atoms with van der Waals surface area (Å²) in [5.41, 5.74) is 2.95. The number of rotatable bonds is 6. The van der Waals surface area contributed by atoms with E-state index in [2.05, 4.69) is 15.2 Å². The summed E-state index contributed by atoms with van der Waals surface area (Å²) in [5, 5.41) is 7.42. The van der Waals surface area contributed by atoms with Crippen LogP contribution < -0.4 is 0 Å². The molecule has 3 rings (SSSR count). The molecule has 0 bridgehead atoms. The van der Waals surface area contributed by atoms with Crippen LogP contribution >= 0.6 is 11.8 Å². The zero-order valence-corrected chi connectivity index (χ0v) is 14.2. The quantitative estimate of drug-likeness (QED) is 0.700. The molecule has 2 aromatic carbocycles. The molecule has 0 spiro atoms. The van der Waals surface area contributed by atoms with Gasteiger partial charge in [0.05, 0.1) is 0 Å². The van der Waals surface area contributed by atoms with Crippen LogP contribution in [0.4, 0.5) is 0 Å². The topological polar surface area (TPSA) is 61.9 Å². The van der Waals surface area contributed by atoms with Gasteiger partial charge in [-0.05, 0) is 23.3 Å². The van der Waals surface area contributed by atoms with Gasteiger partial charge in [-0.15, -0.1) is 0 Å². The van der Waals surface area contributed by atoms with Gasteiger partial charge in [0, 0.05) is 24.9 Å². The summed E-state index contributed by atoms with van der Waals surface area (Å²) in [4.78, 5) is 18.3. The van der Waals surface area contributed by atoms with Crippen molar-refractivity contribution in [2.24, 2.45) is 0 Å². The number of H-pyrrole nitrogens is 1. The lowest BCUT2D eigenvalue weighted by Crippen LogP contribution is -2.26. The number of hydrogen-bond donors (Lipinski definition) is 1.